The van der Waals surface area contributed by atoms with E-state index < -0.39 is 9.05 Å². The average molecular weight is 351 g/mol. The molecule has 0 aliphatic heterocycles. The van der Waals surface area contributed by atoms with Gasteiger partial charge in [0.25, 0.3) is 9.05 Å². The lowest BCUT2D eigenvalue weighted by Gasteiger charge is -2.04. The van der Waals surface area contributed by atoms with Crippen LogP contribution in [-0.2, 0) is 9.05 Å². The molecule has 0 atom stereocenters. The summed E-state index contributed by atoms with van der Waals surface area (Å²) in [6.45, 7) is 1.78. The van der Waals surface area contributed by atoms with Crippen LogP contribution in [0.5, 0.6) is 0 Å². The highest BCUT2D eigenvalue weighted by molar-refractivity contribution is 14.1. The van der Waals surface area contributed by atoms with Gasteiger partial charge in [-0.2, -0.15) is 0 Å². The molecule has 0 heterocycles. The van der Waals surface area contributed by atoms with E-state index in [4.69, 9.17) is 22.3 Å². The van der Waals surface area contributed by atoms with E-state index in [9.17, 15) is 8.42 Å². The smallest absolute Gasteiger partial charge is 0.207 e. The minimum atomic E-state index is -3.70. The van der Waals surface area contributed by atoms with Gasteiger partial charge in [0.15, 0.2) is 0 Å². The average Bonchev–Trinajstić information content (AvgIpc) is 1.94. The number of aryl methyl sites for hydroxylation is 1. The van der Waals surface area contributed by atoms with Gasteiger partial charge in [0.2, 0.25) is 0 Å². The fourth-order valence-electron chi connectivity index (χ4n) is 0.872. The Kier molecular flexibility index (Phi) is 3.49. The molecule has 0 unspecified atom stereocenters. The second-order valence-electron chi connectivity index (χ2n) is 2.47. The zero-order valence-corrected chi connectivity index (χ0v) is 11.0. The van der Waals surface area contributed by atoms with Crippen LogP contribution in [0.15, 0.2) is 17.0 Å². The minimum absolute atomic E-state index is 0.0692. The number of hydrogen-bond acceptors (Lipinski definition) is 2. The van der Waals surface area contributed by atoms with Gasteiger partial charge in [-0.3, -0.25) is 0 Å². The zero-order chi connectivity index (χ0) is 10.2. The second kappa shape index (κ2) is 3.92. The monoisotopic (exact) mass is 350 g/mol. The molecule has 0 amide bonds. The van der Waals surface area contributed by atoms with Gasteiger partial charge in [-0.15, -0.1) is 0 Å². The van der Waals surface area contributed by atoms with E-state index in [1.165, 1.54) is 6.07 Å². The van der Waals surface area contributed by atoms with Crippen molar-refractivity contribution < 1.29 is 8.42 Å². The molecule has 0 spiro atoms. The summed E-state index contributed by atoms with van der Waals surface area (Å²) in [5.41, 5.74) is 0.798. The third-order valence-corrected chi connectivity index (χ3v) is 4.81. The highest BCUT2D eigenvalue weighted by Gasteiger charge is 2.16. The summed E-state index contributed by atoms with van der Waals surface area (Å²) >= 11 is 7.63. The maximum absolute atomic E-state index is 11.1. The van der Waals surface area contributed by atoms with Gasteiger partial charge < -0.3 is 0 Å². The molecule has 72 valence electrons. The van der Waals surface area contributed by atoms with Crippen molar-refractivity contribution in [2.24, 2.45) is 0 Å². The highest BCUT2D eigenvalue weighted by Crippen LogP contribution is 2.28. The van der Waals surface area contributed by atoms with Crippen LogP contribution in [0.2, 0.25) is 5.02 Å². The molecule has 0 saturated heterocycles. The Morgan fingerprint density at radius 3 is 2.38 bits per heavy atom. The Labute approximate surface area is 99.8 Å². The van der Waals surface area contributed by atoms with E-state index in [0.29, 0.717) is 8.59 Å². The molecule has 2 nitrogen and oxygen atoms in total. The summed E-state index contributed by atoms with van der Waals surface area (Å²) in [5, 5.41) is 0.372. The number of hydrogen-bond donors (Lipinski definition) is 0. The molecule has 0 bridgehead atoms. The predicted molar refractivity (Wildman–Crippen MR) is 61.9 cm³/mol. The first kappa shape index (κ1) is 11.6. The first-order valence-electron chi connectivity index (χ1n) is 3.22. The Bertz CT molecular complexity index is 442. The van der Waals surface area contributed by atoms with Crippen molar-refractivity contribution in [1.82, 2.24) is 0 Å². The fraction of sp³-hybridized carbons (Fsp3) is 0.143. The second-order valence-corrected chi connectivity index (χ2v) is 6.52. The first-order valence-corrected chi connectivity index (χ1v) is 6.99. The van der Waals surface area contributed by atoms with Crippen molar-refractivity contribution in [3.63, 3.8) is 0 Å². The number of halogens is 3. The molecule has 0 N–H and O–H groups in total. The number of benzene rings is 1. The first-order chi connectivity index (χ1) is 5.82. The van der Waals surface area contributed by atoms with Gasteiger partial charge in [0, 0.05) is 19.3 Å². The molecule has 6 heteroatoms. The molecule has 1 aromatic rings. The highest BCUT2D eigenvalue weighted by atomic mass is 127. The summed E-state index contributed by atoms with van der Waals surface area (Å²) in [6, 6.07) is 3.04. The van der Waals surface area contributed by atoms with Gasteiger partial charge in [-0.25, -0.2) is 8.42 Å². The molecule has 0 radical (unpaired) electrons. The Balaban J connectivity index is 3.56. The molecule has 0 aliphatic carbocycles. The van der Waals surface area contributed by atoms with Gasteiger partial charge in [-0.1, -0.05) is 11.6 Å². The fourth-order valence-corrected chi connectivity index (χ4v) is 3.79. The third kappa shape index (κ3) is 2.71. The van der Waals surface area contributed by atoms with Crippen molar-refractivity contribution in [3.8, 4) is 0 Å². The van der Waals surface area contributed by atoms with Crippen LogP contribution >= 0.6 is 44.9 Å². The van der Waals surface area contributed by atoms with Gasteiger partial charge in [0.05, 0.1) is 4.90 Å². The zero-order valence-electron chi connectivity index (χ0n) is 6.51. The van der Waals surface area contributed by atoms with Crippen LogP contribution in [-0.4, -0.2) is 8.42 Å². The van der Waals surface area contributed by atoms with Crippen LogP contribution in [0.3, 0.4) is 0 Å². The predicted octanol–water partition coefficient (Wildman–Crippen LogP) is 3.18. The van der Waals surface area contributed by atoms with E-state index in [-0.39, 0.29) is 4.90 Å². The summed E-state index contributed by atoms with van der Waals surface area (Å²) in [5.74, 6) is 0. The van der Waals surface area contributed by atoms with E-state index >= 15 is 0 Å². The van der Waals surface area contributed by atoms with E-state index in [1.54, 1.807) is 13.0 Å². The molecule has 0 aliphatic rings. The quantitative estimate of drug-likeness (QED) is 0.575. The van der Waals surface area contributed by atoms with Crippen molar-refractivity contribution in [2.75, 3.05) is 0 Å². The standard InChI is InChI=1S/C7H5Cl2IO2S/c1-4-2-5(8)3-6(7(4)10)13(9,11)12/h2-3H,1H3. The van der Waals surface area contributed by atoms with Crippen LogP contribution in [0, 0.1) is 10.5 Å². The van der Waals surface area contributed by atoms with Crippen molar-refractivity contribution in [3.05, 3.63) is 26.3 Å². The van der Waals surface area contributed by atoms with Gasteiger partial charge >= 0.3 is 0 Å². The lowest BCUT2D eigenvalue weighted by Crippen LogP contribution is -1.96. The lowest BCUT2D eigenvalue weighted by atomic mass is 10.2. The molecular weight excluding hydrogens is 346 g/mol. The molecule has 13 heavy (non-hydrogen) atoms. The Hall–Kier alpha value is 0.480. The summed E-state index contributed by atoms with van der Waals surface area (Å²) < 4.78 is 22.7. The number of rotatable bonds is 1. The van der Waals surface area contributed by atoms with Crippen LogP contribution in [0.25, 0.3) is 0 Å². The van der Waals surface area contributed by atoms with E-state index in [2.05, 4.69) is 0 Å². The Morgan fingerprint density at radius 2 is 1.92 bits per heavy atom. The van der Waals surface area contributed by atoms with Crippen molar-refractivity contribution in [1.29, 1.82) is 0 Å². The van der Waals surface area contributed by atoms with E-state index in [1.807, 2.05) is 22.6 Å². The SMILES string of the molecule is Cc1cc(Cl)cc(S(=O)(=O)Cl)c1I. The summed E-state index contributed by atoms with van der Waals surface area (Å²) in [6.07, 6.45) is 0. The van der Waals surface area contributed by atoms with E-state index in [0.717, 1.165) is 5.56 Å². The minimum Gasteiger partial charge on any atom is -0.207 e. The van der Waals surface area contributed by atoms with Crippen molar-refractivity contribution in [2.45, 2.75) is 11.8 Å². The maximum Gasteiger partial charge on any atom is 0.262 e. The van der Waals surface area contributed by atoms with Crippen LogP contribution in [0.4, 0.5) is 0 Å². The maximum atomic E-state index is 11.1. The summed E-state index contributed by atoms with van der Waals surface area (Å²) in [7, 11) is 1.52. The van der Waals surface area contributed by atoms with Gasteiger partial charge in [-0.05, 0) is 47.2 Å². The molecule has 0 fully saturated rings. The largest absolute Gasteiger partial charge is 0.262 e. The Morgan fingerprint density at radius 1 is 1.38 bits per heavy atom. The summed E-state index contributed by atoms with van der Waals surface area (Å²) in [4.78, 5) is 0.0692. The molecular formula is C7H5Cl2IO2S. The molecule has 0 saturated carbocycles. The van der Waals surface area contributed by atoms with Crippen molar-refractivity contribution >= 4 is 53.9 Å². The third-order valence-electron chi connectivity index (χ3n) is 1.45. The van der Waals surface area contributed by atoms with Crippen LogP contribution in [0.1, 0.15) is 5.56 Å². The lowest BCUT2D eigenvalue weighted by molar-refractivity contribution is 0.609. The molecule has 0 aromatic heterocycles. The topological polar surface area (TPSA) is 34.1 Å². The van der Waals surface area contributed by atoms with Crippen LogP contribution < -0.4 is 0 Å². The molecule has 1 rings (SSSR count). The van der Waals surface area contributed by atoms with Gasteiger partial charge in [0.1, 0.15) is 0 Å². The normalized spacial score (nSPS) is 11.7. The molecule has 1 aromatic carbocycles.